The highest BCUT2D eigenvalue weighted by Gasteiger charge is 2.31. The summed E-state index contributed by atoms with van der Waals surface area (Å²) >= 11 is 0. The molecule has 0 unspecified atom stereocenters. The maximum Gasteiger partial charge on any atom is 0.145 e. The number of amidine groups is 1. The number of benzene rings is 2. The number of piperidine rings is 1. The highest BCUT2D eigenvalue weighted by molar-refractivity contribution is 6.30. The van der Waals surface area contributed by atoms with Crippen LogP contribution < -0.4 is 9.80 Å². The molecule has 0 atom stereocenters. The standard InChI is InChI=1S/C23H22N6O/c24-13-15-4-6-16(7-5-15)29-14-20(30)21(22(29)25)23-26-18-9-8-17(12-19(18)27-23)28-10-2-1-3-11-28/h4-9,12,25,30H,1-3,10-11,14H2,(H,26,27). The maximum absolute atomic E-state index is 10.6. The second kappa shape index (κ2) is 7.23. The Morgan fingerprint density at radius 3 is 2.50 bits per heavy atom. The molecule has 7 nitrogen and oxygen atoms in total. The van der Waals surface area contributed by atoms with Crippen molar-refractivity contribution in [1.82, 2.24) is 9.97 Å². The third-order valence-electron chi connectivity index (χ3n) is 5.83. The predicted octanol–water partition coefficient (Wildman–Crippen LogP) is 4.19. The van der Waals surface area contributed by atoms with Crippen LogP contribution in [0.1, 0.15) is 30.7 Å². The number of nitrogens with one attached hydrogen (secondary N) is 2. The summed E-state index contributed by atoms with van der Waals surface area (Å²) in [6.07, 6.45) is 3.73. The molecule has 0 spiro atoms. The van der Waals surface area contributed by atoms with Gasteiger partial charge in [-0.25, -0.2) is 4.98 Å². The number of fused-ring (bicyclic) bond motifs is 1. The summed E-state index contributed by atoms with van der Waals surface area (Å²) in [5, 5.41) is 28.2. The van der Waals surface area contributed by atoms with Crippen molar-refractivity contribution >= 4 is 33.8 Å². The van der Waals surface area contributed by atoms with Gasteiger partial charge in [0, 0.05) is 24.5 Å². The fourth-order valence-corrected chi connectivity index (χ4v) is 4.23. The molecule has 0 saturated carbocycles. The maximum atomic E-state index is 10.6. The molecule has 1 fully saturated rings. The van der Waals surface area contributed by atoms with E-state index in [0.29, 0.717) is 17.0 Å². The number of hydrogen-bond acceptors (Lipinski definition) is 5. The van der Waals surface area contributed by atoms with Gasteiger partial charge in [-0.2, -0.15) is 5.26 Å². The molecule has 2 aromatic carbocycles. The summed E-state index contributed by atoms with van der Waals surface area (Å²) in [6.45, 7) is 2.35. The van der Waals surface area contributed by atoms with E-state index in [-0.39, 0.29) is 18.1 Å². The zero-order chi connectivity index (χ0) is 20.7. The molecule has 3 N–H and O–H groups in total. The molecule has 5 rings (SSSR count). The Labute approximate surface area is 174 Å². The summed E-state index contributed by atoms with van der Waals surface area (Å²) in [4.78, 5) is 12.0. The topological polar surface area (TPSA) is 103 Å². The van der Waals surface area contributed by atoms with Gasteiger partial charge >= 0.3 is 0 Å². The Balaban J connectivity index is 1.44. The van der Waals surface area contributed by atoms with Crippen molar-refractivity contribution in [3.05, 3.63) is 59.6 Å². The van der Waals surface area contributed by atoms with Crippen LogP contribution in [-0.4, -0.2) is 40.5 Å². The van der Waals surface area contributed by atoms with E-state index in [0.717, 1.165) is 29.8 Å². The zero-order valence-corrected chi connectivity index (χ0v) is 16.5. The Morgan fingerprint density at radius 2 is 1.77 bits per heavy atom. The monoisotopic (exact) mass is 398 g/mol. The first kappa shape index (κ1) is 18.3. The summed E-state index contributed by atoms with van der Waals surface area (Å²) in [5.41, 5.74) is 4.62. The fourth-order valence-electron chi connectivity index (χ4n) is 4.23. The minimum atomic E-state index is 0.111. The van der Waals surface area contributed by atoms with Crippen molar-refractivity contribution in [3.8, 4) is 6.07 Å². The van der Waals surface area contributed by atoms with E-state index < -0.39 is 0 Å². The molecular weight excluding hydrogens is 376 g/mol. The smallest absolute Gasteiger partial charge is 0.145 e. The van der Waals surface area contributed by atoms with Crippen LogP contribution in [0.2, 0.25) is 0 Å². The van der Waals surface area contributed by atoms with Crippen LogP contribution in [-0.2, 0) is 0 Å². The highest BCUT2D eigenvalue weighted by atomic mass is 16.3. The first-order valence-electron chi connectivity index (χ1n) is 10.2. The van der Waals surface area contributed by atoms with Crippen LogP contribution in [0, 0.1) is 16.7 Å². The second-order valence-electron chi connectivity index (χ2n) is 7.75. The van der Waals surface area contributed by atoms with Crippen molar-refractivity contribution in [3.63, 3.8) is 0 Å². The van der Waals surface area contributed by atoms with E-state index in [1.165, 1.54) is 24.9 Å². The van der Waals surface area contributed by atoms with Crippen molar-refractivity contribution in [2.45, 2.75) is 19.3 Å². The van der Waals surface area contributed by atoms with Crippen molar-refractivity contribution in [2.75, 3.05) is 29.4 Å². The average molecular weight is 398 g/mol. The molecule has 7 heteroatoms. The van der Waals surface area contributed by atoms with Crippen LogP contribution in [0.3, 0.4) is 0 Å². The lowest BCUT2D eigenvalue weighted by atomic mass is 10.1. The van der Waals surface area contributed by atoms with Gasteiger partial charge in [-0.15, -0.1) is 0 Å². The number of aromatic nitrogens is 2. The van der Waals surface area contributed by atoms with Crippen LogP contribution in [0.5, 0.6) is 0 Å². The van der Waals surface area contributed by atoms with Gasteiger partial charge in [0.1, 0.15) is 17.4 Å². The summed E-state index contributed by atoms with van der Waals surface area (Å²) in [7, 11) is 0. The largest absolute Gasteiger partial charge is 0.509 e. The zero-order valence-electron chi connectivity index (χ0n) is 16.5. The molecule has 2 aliphatic heterocycles. The molecule has 0 bridgehead atoms. The van der Waals surface area contributed by atoms with Gasteiger partial charge in [0.2, 0.25) is 0 Å². The number of H-pyrrole nitrogens is 1. The van der Waals surface area contributed by atoms with Gasteiger partial charge in [0.05, 0.1) is 34.8 Å². The molecule has 3 aromatic rings. The van der Waals surface area contributed by atoms with Crippen LogP contribution in [0.4, 0.5) is 11.4 Å². The van der Waals surface area contributed by atoms with Crippen molar-refractivity contribution < 1.29 is 5.11 Å². The third kappa shape index (κ3) is 3.07. The molecule has 0 amide bonds. The minimum absolute atomic E-state index is 0.111. The van der Waals surface area contributed by atoms with E-state index in [2.05, 4.69) is 33.1 Å². The van der Waals surface area contributed by atoms with E-state index >= 15 is 0 Å². The van der Waals surface area contributed by atoms with Gasteiger partial charge < -0.3 is 19.9 Å². The number of aromatic amines is 1. The van der Waals surface area contributed by atoms with E-state index in [1.807, 2.05) is 6.07 Å². The second-order valence-corrected chi connectivity index (χ2v) is 7.75. The normalized spacial score (nSPS) is 17.1. The third-order valence-corrected chi connectivity index (χ3v) is 5.83. The molecule has 0 radical (unpaired) electrons. The highest BCUT2D eigenvalue weighted by Crippen LogP contribution is 2.32. The van der Waals surface area contributed by atoms with Crippen LogP contribution in [0.25, 0.3) is 16.6 Å². The SMILES string of the molecule is N#Cc1ccc(N2CC(O)=C(c3nc4ccc(N5CCCCC5)cc4[nH]3)C2=N)cc1. The Morgan fingerprint density at radius 1 is 1.03 bits per heavy atom. The molecule has 150 valence electrons. The Bertz CT molecular complexity index is 1190. The lowest BCUT2D eigenvalue weighted by Gasteiger charge is -2.28. The molecular formula is C23H22N6O. The molecule has 1 aromatic heterocycles. The average Bonchev–Trinajstić information content (AvgIpc) is 3.33. The number of imidazole rings is 1. The molecule has 3 heterocycles. The Kier molecular flexibility index (Phi) is 4.40. The van der Waals surface area contributed by atoms with E-state index in [4.69, 9.17) is 10.7 Å². The molecule has 2 aliphatic rings. The number of aliphatic hydroxyl groups excluding tert-OH is 1. The number of hydrogen-bond donors (Lipinski definition) is 3. The molecule has 1 saturated heterocycles. The van der Waals surface area contributed by atoms with Crippen molar-refractivity contribution in [1.29, 1.82) is 10.7 Å². The summed E-state index contributed by atoms with van der Waals surface area (Å²) in [5.74, 6) is 0.798. The first-order valence-corrected chi connectivity index (χ1v) is 10.2. The van der Waals surface area contributed by atoms with E-state index in [9.17, 15) is 5.11 Å². The summed E-state index contributed by atoms with van der Waals surface area (Å²) in [6, 6.07) is 15.3. The lowest BCUT2D eigenvalue weighted by Crippen LogP contribution is -2.29. The summed E-state index contributed by atoms with van der Waals surface area (Å²) < 4.78 is 0. The molecule has 0 aliphatic carbocycles. The van der Waals surface area contributed by atoms with Gasteiger partial charge in [0.25, 0.3) is 0 Å². The first-order chi connectivity index (χ1) is 14.6. The van der Waals surface area contributed by atoms with Crippen LogP contribution in [0.15, 0.2) is 48.2 Å². The minimum Gasteiger partial charge on any atom is -0.509 e. The number of anilines is 2. The predicted molar refractivity (Wildman–Crippen MR) is 118 cm³/mol. The number of nitrogens with zero attached hydrogens (tertiary/aromatic N) is 4. The van der Waals surface area contributed by atoms with Crippen LogP contribution >= 0.6 is 0 Å². The van der Waals surface area contributed by atoms with Gasteiger partial charge in [-0.1, -0.05) is 0 Å². The fraction of sp³-hybridized carbons (Fsp3) is 0.261. The van der Waals surface area contributed by atoms with Gasteiger partial charge in [0.15, 0.2) is 0 Å². The van der Waals surface area contributed by atoms with Gasteiger partial charge in [-0.05, 0) is 61.7 Å². The lowest BCUT2D eigenvalue weighted by molar-refractivity contribution is 0.411. The number of nitriles is 1. The Hall–Kier alpha value is -3.79. The van der Waals surface area contributed by atoms with Gasteiger partial charge in [-0.3, -0.25) is 5.41 Å². The molecule has 30 heavy (non-hydrogen) atoms. The number of rotatable bonds is 3. The quantitative estimate of drug-likeness (QED) is 0.614. The van der Waals surface area contributed by atoms with E-state index in [1.54, 1.807) is 29.2 Å². The number of aliphatic hydroxyl groups is 1. The van der Waals surface area contributed by atoms with Crippen molar-refractivity contribution in [2.24, 2.45) is 0 Å².